The third-order valence-electron chi connectivity index (χ3n) is 10.9. The molecule has 2 aromatic carbocycles. The Bertz CT molecular complexity index is 2110. The molecule has 9 nitrogen and oxygen atoms in total. The number of pyridine rings is 1. The van der Waals surface area contributed by atoms with Crippen molar-refractivity contribution in [3.63, 3.8) is 0 Å². The second-order valence-corrected chi connectivity index (χ2v) is 13.9. The van der Waals surface area contributed by atoms with E-state index in [-0.39, 0.29) is 17.1 Å². The van der Waals surface area contributed by atoms with E-state index < -0.39 is 12.0 Å². The first-order chi connectivity index (χ1) is 22.8. The molecule has 4 saturated heterocycles. The summed E-state index contributed by atoms with van der Waals surface area (Å²) in [6.45, 7) is 3.55. The van der Waals surface area contributed by atoms with Gasteiger partial charge in [-0.05, 0) is 74.5 Å². The zero-order valence-electron chi connectivity index (χ0n) is 26.3. The van der Waals surface area contributed by atoms with Crippen LogP contribution in [0.4, 0.5) is 20.3 Å². The van der Waals surface area contributed by atoms with Crippen molar-refractivity contribution in [3.05, 3.63) is 54.1 Å². The number of nitrogens with zero attached hydrogens (tertiary/aromatic N) is 7. The molecule has 0 aliphatic carbocycles. The summed E-state index contributed by atoms with van der Waals surface area (Å²) in [7, 11) is 2.17. The summed E-state index contributed by atoms with van der Waals surface area (Å²) in [6, 6.07) is 9.53. The molecule has 0 amide bonds. The molecule has 2 unspecified atom stereocenters. The fourth-order valence-corrected chi connectivity index (χ4v) is 9.02. The minimum absolute atomic E-state index is 0.173. The molecule has 2 N–H and O–H groups in total. The van der Waals surface area contributed by atoms with Crippen molar-refractivity contribution in [2.24, 2.45) is 0 Å². The van der Waals surface area contributed by atoms with Gasteiger partial charge < -0.3 is 20.3 Å². The molecule has 47 heavy (non-hydrogen) atoms. The quantitative estimate of drug-likeness (QED) is 0.213. The lowest BCUT2D eigenvalue weighted by atomic mass is 9.94. The van der Waals surface area contributed by atoms with Gasteiger partial charge in [0, 0.05) is 67.2 Å². The number of terminal acetylenes is 1. The van der Waals surface area contributed by atoms with Gasteiger partial charge in [-0.2, -0.15) is 9.97 Å². The highest BCUT2D eigenvalue weighted by molar-refractivity contribution is 6.07. The molecule has 2 bridgehead atoms. The predicted octanol–water partition coefficient (Wildman–Crippen LogP) is 5.04. The van der Waals surface area contributed by atoms with Crippen LogP contribution in [0.5, 0.6) is 6.01 Å². The van der Waals surface area contributed by atoms with Crippen molar-refractivity contribution in [2.45, 2.75) is 55.9 Å². The standard InChI is InChI=1S/C36H36F2N8O/c1-3-26-29(38)8-5-21-13-23(39)14-27(31(21)26)28-15-30-32(45-12-10-40-33(28)45)34(46-24-6-7-25(46)19-43(2)18-24)42-35(41-30)47-20-36-9-4-11-44(36)17-22(37)16-36/h1,5,8,10,12-15,22,24-25H,4,6-7,9,11,16-20,39H2,2H3/t22-,24?,25?,36+/m1/s1. The van der Waals surface area contributed by atoms with Crippen molar-refractivity contribution < 1.29 is 13.5 Å². The van der Waals surface area contributed by atoms with Gasteiger partial charge in [-0.15, -0.1) is 6.42 Å². The monoisotopic (exact) mass is 634 g/mol. The zero-order chi connectivity index (χ0) is 32.0. The summed E-state index contributed by atoms with van der Waals surface area (Å²) < 4.78 is 38.2. The van der Waals surface area contributed by atoms with E-state index >= 15 is 4.39 Å². The third kappa shape index (κ3) is 4.38. The van der Waals surface area contributed by atoms with Crippen molar-refractivity contribution in [1.29, 1.82) is 0 Å². The van der Waals surface area contributed by atoms with Gasteiger partial charge in [0.2, 0.25) is 0 Å². The lowest BCUT2D eigenvalue weighted by molar-refractivity contribution is 0.107. The van der Waals surface area contributed by atoms with E-state index in [4.69, 9.17) is 31.8 Å². The lowest BCUT2D eigenvalue weighted by Crippen LogP contribution is -2.53. The summed E-state index contributed by atoms with van der Waals surface area (Å²) >= 11 is 0. The van der Waals surface area contributed by atoms with E-state index in [1.165, 1.54) is 6.07 Å². The van der Waals surface area contributed by atoms with Crippen molar-refractivity contribution in [1.82, 2.24) is 29.2 Å². The number of fused-ring (bicyclic) bond motifs is 7. The number of alkyl halides is 1. The Kier molecular flexibility index (Phi) is 6.40. The number of aromatic nitrogens is 4. The smallest absolute Gasteiger partial charge is 0.319 e. The summed E-state index contributed by atoms with van der Waals surface area (Å²) in [5, 5.41) is 1.33. The molecule has 4 fully saturated rings. The molecule has 11 heteroatoms. The van der Waals surface area contributed by atoms with Crippen LogP contribution in [0.1, 0.15) is 37.7 Å². The van der Waals surface area contributed by atoms with Crippen molar-refractivity contribution in [2.75, 3.05) is 50.5 Å². The Labute approximate surface area is 271 Å². The highest BCUT2D eigenvalue weighted by Gasteiger charge is 2.49. The molecule has 5 aromatic rings. The van der Waals surface area contributed by atoms with Crippen LogP contribution in [0.2, 0.25) is 0 Å². The number of nitrogens with two attached hydrogens (primary N) is 1. The van der Waals surface area contributed by atoms with Crippen LogP contribution < -0.4 is 15.4 Å². The van der Waals surface area contributed by atoms with Crippen molar-refractivity contribution >= 4 is 39.0 Å². The van der Waals surface area contributed by atoms with E-state index in [0.717, 1.165) is 67.6 Å². The Morgan fingerprint density at radius 3 is 2.74 bits per heavy atom. The molecular formula is C36H36F2N8O. The number of halogens is 2. The van der Waals surface area contributed by atoms with Gasteiger partial charge in [-0.1, -0.05) is 12.0 Å². The number of rotatable bonds is 5. The maximum Gasteiger partial charge on any atom is 0.319 e. The van der Waals surface area contributed by atoms with Gasteiger partial charge in [0.25, 0.3) is 0 Å². The van der Waals surface area contributed by atoms with Crippen LogP contribution in [-0.4, -0.2) is 92.8 Å². The molecule has 3 aromatic heterocycles. The maximum absolute atomic E-state index is 15.1. The van der Waals surface area contributed by atoms with E-state index in [0.29, 0.717) is 59.5 Å². The number of likely N-dealkylation sites (tertiary alicyclic amines) is 1. The summed E-state index contributed by atoms with van der Waals surface area (Å²) in [4.78, 5) is 22.0. The molecule has 0 radical (unpaired) electrons. The topological polar surface area (TPSA) is 88.0 Å². The summed E-state index contributed by atoms with van der Waals surface area (Å²) in [5.41, 5.74) is 10.3. The van der Waals surface area contributed by atoms with Crippen LogP contribution in [0.3, 0.4) is 0 Å². The number of ether oxygens (including phenoxy) is 1. The van der Waals surface area contributed by atoms with Gasteiger partial charge in [0.15, 0.2) is 5.82 Å². The van der Waals surface area contributed by atoms with E-state index in [1.54, 1.807) is 18.3 Å². The first kappa shape index (κ1) is 28.7. The molecule has 4 atom stereocenters. The highest BCUT2D eigenvalue weighted by Crippen LogP contribution is 2.43. The normalized spacial score (nSPS) is 26.1. The van der Waals surface area contributed by atoms with E-state index in [1.807, 2.05) is 22.7 Å². The fraction of sp³-hybridized carbons (Fsp3) is 0.417. The Hall–Kier alpha value is -4.53. The number of benzene rings is 2. The average Bonchev–Trinajstić information content (AvgIpc) is 3.81. The third-order valence-corrected chi connectivity index (χ3v) is 10.9. The molecular weight excluding hydrogens is 598 g/mol. The number of likely N-dealkylation sites (N-methyl/N-ethyl adjacent to an activating group) is 1. The molecule has 4 aliphatic rings. The Balaban J connectivity index is 1.26. The molecule has 4 aliphatic heterocycles. The highest BCUT2D eigenvalue weighted by atomic mass is 19.1. The van der Waals surface area contributed by atoms with Crippen LogP contribution in [0.15, 0.2) is 42.7 Å². The minimum Gasteiger partial charge on any atom is -0.461 e. The van der Waals surface area contributed by atoms with E-state index in [2.05, 4.69) is 27.7 Å². The number of imidazole rings is 1. The fourth-order valence-electron chi connectivity index (χ4n) is 9.02. The number of hydrogen-bond acceptors (Lipinski definition) is 8. The van der Waals surface area contributed by atoms with Crippen LogP contribution in [0.25, 0.3) is 38.6 Å². The zero-order valence-corrected chi connectivity index (χ0v) is 26.3. The summed E-state index contributed by atoms with van der Waals surface area (Å²) in [6.07, 6.45) is 13.2. The van der Waals surface area contributed by atoms with Gasteiger partial charge in [0.05, 0.1) is 16.6 Å². The van der Waals surface area contributed by atoms with Gasteiger partial charge in [-0.25, -0.2) is 13.8 Å². The van der Waals surface area contributed by atoms with Crippen LogP contribution >= 0.6 is 0 Å². The molecule has 240 valence electrons. The lowest BCUT2D eigenvalue weighted by Gasteiger charge is -2.40. The average molecular weight is 635 g/mol. The Morgan fingerprint density at radius 1 is 1.11 bits per heavy atom. The SMILES string of the molecule is C#Cc1c(F)ccc2cc(N)cc(-c3cc4nc(OC[C@@]56CCCN5C[C@H](F)C6)nc(N5C6CCC5CN(C)C6)c4n4ccnc34)c12. The van der Waals surface area contributed by atoms with Gasteiger partial charge >= 0.3 is 6.01 Å². The first-order valence-electron chi connectivity index (χ1n) is 16.5. The predicted molar refractivity (Wildman–Crippen MR) is 179 cm³/mol. The summed E-state index contributed by atoms with van der Waals surface area (Å²) in [5.74, 6) is 2.90. The maximum atomic E-state index is 15.1. The van der Waals surface area contributed by atoms with Crippen molar-refractivity contribution in [3.8, 4) is 29.5 Å². The Morgan fingerprint density at radius 2 is 1.94 bits per heavy atom. The molecule has 7 heterocycles. The number of nitrogen functional groups attached to an aromatic ring is 1. The van der Waals surface area contributed by atoms with Gasteiger partial charge in [-0.3, -0.25) is 9.30 Å². The second kappa shape index (κ2) is 10.5. The first-order valence-corrected chi connectivity index (χ1v) is 16.5. The van der Waals surface area contributed by atoms with Crippen LogP contribution in [-0.2, 0) is 0 Å². The molecule has 9 rings (SSSR count). The molecule has 0 spiro atoms. The number of anilines is 2. The minimum atomic E-state index is -0.851. The van der Waals surface area contributed by atoms with Crippen LogP contribution in [0, 0.1) is 18.2 Å². The van der Waals surface area contributed by atoms with E-state index in [9.17, 15) is 4.39 Å². The number of piperazine rings is 1. The largest absolute Gasteiger partial charge is 0.461 e. The molecule has 0 saturated carbocycles. The number of hydrogen-bond donors (Lipinski definition) is 1. The van der Waals surface area contributed by atoms with Gasteiger partial charge in [0.1, 0.15) is 29.8 Å². The second-order valence-electron chi connectivity index (χ2n) is 13.9.